The van der Waals surface area contributed by atoms with E-state index >= 15 is 0 Å². The van der Waals surface area contributed by atoms with Crippen LogP contribution < -0.4 is 15.4 Å². The van der Waals surface area contributed by atoms with Gasteiger partial charge in [-0.15, -0.1) is 0 Å². The maximum absolute atomic E-state index is 14.8. The number of hydrogen-bond acceptors (Lipinski definition) is 6. The number of halogens is 1. The van der Waals surface area contributed by atoms with Crippen LogP contribution in [0, 0.1) is 11.2 Å². The van der Waals surface area contributed by atoms with Gasteiger partial charge in [0.2, 0.25) is 0 Å². The molecule has 9 heteroatoms. The van der Waals surface area contributed by atoms with Crippen LogP contribution in [0.1, 0.15) is 26.3 Å². The van der Waals surface area contributed by atoms with Gasteiger partial charge in [-0.1, -0.05) is 0 Å². The van der Waals surface area contributed by atoms with E-state index in [2.05, 4.69) is 20.6 Å². The molecule has 0 bridgehead atoms. The second kappa shape index (κ2) is 7.65. The number of amidine groups is 1. The van der Waals surface area contributed by atoms with Gasteiger partial charge in [0.1, 0.15) is 28.4 Å². The van der Waals surface area contributed by atoms with Crippen LogP contribution in [0.4, 0.5) is 15.9 Å². The molecule has 0 radical (unpaired) electrons. The van der Waals surface area contributed by atoms with E-state index in [1.807, 2.05) is 12.1 Å². The zero-order chi connectivity index (χ0) is 22.4. The lowest BCUT2D eigenvalue weighted by molar-refractivity contribution is 0.414. The molecule has 3 aromatic rings. The Morgan fingerprint density at radius 2 is 2.00 bits per heavy atom. The topological polar surface area (TPSA) is 106 Å². The average Bonchev–Trinajstić information content (AvgIpc) is 2.73. The van der Waals surface area contributed by atoms with Crippen molar-refractivity contribution >= 4 is 39.4 Å². The first-order valence-electron chi connectivity index (χ1n) is 9.75. The lowest BCUT2D eigenvalue weighted by Gasteiger charge is -2.44. The van der Waals surface area contributed by atoms with Crippen molar-refractivity contribution in [3.8, 4) is 5.75 Å². The van der Waals surface area contributed by atoms with Crippen LogP contribution >= 0.6 is 0 Å². The van der Waals surface area contributed by atoms with Crippen LogP contribution in [-0.2, 0) is 16.7 Å². The van der Waals surface area contributed by atoms with Gasteiger partial charge in [-0.25, -0.2) is 14.4 Å². The summed E-state index contributed by atoms with van der Waals surface area (Å²) in [5.41, 5.74) is 0.623. The van der Waals surface area contributed by atoms with Gasteiger partial charge < -0.3 is 19.9 Å². The average molecular weight is 442 g/mol. The number of hydrogen-bond donors (Lipinski definition) is 3. The third kappa shape index (κ3) is 3.79. The van der Waals surface area contributed by atoms with Crippen LogP contribution in [0.2, 0.25) is 0 Å². The van der Waals surface area contributed by atoms with Gasteiger partial charge in [0, 0.05) is 22.8 Å². The number of pyridine rings is 2. The monoisotopic (exact) mass is 441 g/mol. The van der Waals surface area contributed by atoms with E-state index in [9.17, 15) is 8.94 Å². The highest BCUT2D eigenvalue weighted by Crippen LogP contribution is 2.36. The van der Waals surface area contributed by atoms with Crippen LogP contribution in [-0.4, -0.2) is 38.0 Å². The van der Waals surface area contributed by atoms with Crippen molar-refractivity contribution in [2.45, 2.75) is 31.1 Å². The third-order valence-electron chi connectivity index (χ3n) is 5.63. The van der Waals surface area contributed by atoms with Crippen molar-refractivity contribution in [3.05, 3.63) is 54.1 Å². The van der Waals surface area contributed by atoms with Crippen molar-refractivity contribution < 1.29 is 13.7 Å². The van der Waals surface area contributed by atoms with E-state index in [-0.39, 0.29) is 11.6 Å². The molecule has 2 atom stereocenters. The molecular weight excluding hydrogens is 417 g/mol. The number of rotatable bonds is 4. The predicted molar refractivity (Wildman–Crippen MR) is 121 cm³/mol. The molecule has 7 nitrogen and oxygen atoms in total. The maximum Gasteiger partial charge on any atom is 0.176 e. The largest absolute Gasteiger partial charge is 0.616 e. The highest BCUT2D eigenvalue weighted by atomic mass is 32.2. The smallest absolute Gasteiger partial charge is 0.176 e. The normalized spacial score (nSPS) is 22.8. The van der Waals surface area contributed by atoms with Crippen molar-refractivity contribution in [3.63, 3.8) is 0 Å². The molecule has 1 aromatic carbocycles. The second-order valence-corrected chi connectivity index (χ2v) is 10.3. The molecule has 31 heavy (non-hydrogen) atoms. The molecule has 2 aromatic heterocycles. The van der Waals surface area contributed by atoms with Crippen LogP contribution in [0.25, 0.3) is 10.9 Å². The molecule has 0 aliphatic carbocycles. The Bertz CT molecular complexity index is 1170. The first kappa shape index (κ1) is 21.3. The predicted octanol–water partition coefficient (Wildman–Crippen LogP) is 3.84. The summed E-state index contributed by atoms with van der Waals surface area (Å²) in [6, 6.07) is 8.33. The molecule has 1 aliphatic heterocycles. The van der Waals surface area contributed by atoms with E-state index in [1.165, 1.54) is 6.07 Å². The summed E-state index contributed by atoms with van der Waals surface area (Å²) in [7, 11) is 1.58. The zero-order valence-electron chi connectivity index (χ0n) is 17.7. The van der Waals surface area contributed by atoms with E-state index in [4.69, 9.17) is 10.1 Å². The molecular formula is C22H24FN5O2S. The van der Waals surface area contributed by atoms with Gasteiger partial charge >= 0.3 is 0 Å². The highest BCUT2D eigenvalue weighted by molar-refractivity contribution is 7.93. The van der Waals surface area contributed by atoms with Gasteiger partial charge in [-0.2, -0.15) is 0 Å². The summed E-state index contributed by atoms with van der Waals surface area (Å²) in [5.74, 6) is 1.06. The van der Waals surface area contributed by atoms with Crippen molar-refractivity contribution in [1.82, 2.24) is 15.3 Å². The van der Waals surface area contributed by atoms with E-state index < -0.39 is 27.3 Å². The summed E-state index contributed by atoms with van der Waals surface area (Å²) in [5, 5.41) is 15.4. The fourth-order valence-electron chi connectivity index (χ4n) is 3.57. The number of aromatic nitrogens is 2. The van der Waals surface area contributed by atoms with Crippen LogP contribution in [0.3, 0.4) is 0 Å². The van der Waals surface area contributed by atoms with Gasteiger partial charge in [0.15, 0.2) is 16.4 Å². The lowest BCUT2D eigenvalue weighted by Crippen LogP contribution is -2.64. The highest BCUT2D eigenvalue weighted by Gasteiger charge is 2.50. The number of nitrogens with one attached hydrogen (secondary N) is 3. The molecule has 3 heterocycles. The molecule has 4 rings (SSSR count). The molecule has 1 saturated heterocycles. The van der Waals surface area contributed by atoms with Gasteiger partial charge in [-0.3, -0.25) is 5.41 Å². The Morgan fingerprint density at radius 1 is 1.23 bits per heavy atom. The first-order chi connectivity index (χ1) is 14.6. The Morgan fingerprint density at radius 3 is 2.71 bits per heavy atom. The van der Waals surface area contributed by atoms with Gasteiger partial charge in [0.05, 0.1) is 13.3 Å². The standard InChI is InChI=1S/C22H24FN5O2S/c1-21(2)20(24)28-22(3,12-31(21)29)16-10-14(5-6-17(16)23)27-19-18-13(7-8-25-19)9-15(30-4)11-26-18/h5-11H,12H2,1-4H3,(H2,24,28)(H,25,27)/t22-,31?/m0/s1. The van der Waals surface area contributed by atoms with E-state index in [0.717, 1.165) is 5.39 Å². The summed E-state index contributed by atoms with van der Waals surface area (Å²) >= 11 is -1.33. The van der Waals surface area contributed by atoms with Gasteiger partial charge in [-0.05, 0) is 62.3 Å². The number of benzene rings is 1. The Balaban J connectivity index is 1.70. The maximum atomic E-state index is 14.8. The minimum absolute atomic E-state index is 0.131. The summed E-state index contributed by atoms with van der Waals surface area (Å²) < 4.78 is 32.0. The molecule has 162 valence electrons. The Hall–Kier alpha value is -2.91. The molecule has 1 fully saturated rings. The number of anilines is 2. The number of methoxy groups -OCH3 is 1. The SMILES string of the molecule is COc1cnc2c(Nc3ccc(F)c([C@]4(C)C[S+]([O-])C(C)(C)C(=N)N4)c3)nccc2c1. The second-order valence-electron chi connectivity index (χ2n) is 8.26. The third-order valence-corrected chi connectivity index (χ3v) is 7.81. The van der Waals surface area contributed by atoms with Crippen molar-refractivity contribution in [2.24, 2.45) is 0 Å². The summed E-state index contributed by atoms with van der Waals surface area (Å²) in [6.45, 7) is 5.27. The van der Waals surface area contributed by atoms with Crippen LogP contribution in [0.5, 0.6) is 5.75 Å². The van der Waals surface area contributed by atoms with E-state index in [0.29, 0.717) is 28.3 Å². The van der Waals surface area contributed by atoms with Crippen molar-refractivity contribution in [1.29, 1.82) is 5.41 Å². The zero-order valence-corrected chi connectivity index (χ0v) is 18.6. The number of fused-ring (bicyclic) bond motifs is 1. The summed E-state index contributed by atoms with van der Waals surface area (Å²) in [6.07, 6.45) is 3.27. The molecule has 0 saturated carbocycles. The Kier molecular flexibility index (Phi) is 5.26. The molecule has 1 unspecified atom stereocenters. The molecule has 0 amide bonds. The lowest BCUT2D eigenvalue weighted by atomic mass is 9.91. The Labute approximate surface area is 183 Å². The minimum atomic E-state index is -1.33. The van der Waals surface area contributed by atoms with Gasteiger partial charge in [0.25, 0.3) is 0 Å². The van der Waals surface area contributed by atoms with Crippen molar-refractivity contribution in [2.75, 3.05) is 18.2 Å². The van der Waals surface area contributed by atoms with E-state index in [1.54, 1.807) is 52.4 Å². The quantitative estimate of drug-likeness (QED) is 0.531. The fraction of sp³-hybridized carbons (Fsp3) is 0.318. The first-order valence-corrected chi connectivity index (χ1v) is 11.1. The molecule has 3 N–H and O–H groups in total. The van der Waals surface area contributed by atoms with Crippen LogP contribution in [0.15, 0.2) is 42.7 Å². The summed E-state index contributed by atoms with van der Waals surface area (Å²) in [4.78, 5) is 8.80. The molecule has 0 spiro atoms. The number of ether oxygens (including phenoxy) is 1. The molecule has 1 aliphatic rings. The minimum Gasteiger partial charge on any atom is -0.616 e. The fourth-order valence-corrected chi connectivity index (χ4v) is 4.96. The number of nitrogens with zero attached hydrogens (tertiary/aromatic N) is 2.